The molecule has 0 saturated carbocycles. The van der Waals surface area contributed by atoms with Gasteiger partial charge in [0.15, 0.2) is 0 Å². The Kier molecular flexibility index (Phi) is 6.83. The second kappa shape index (κ2) is 9.32. The minimum absolute atomic E-state index is 0.261. The van der Waals surface area contributed by atoms with Crippen molar-refractivity contribution in [2.75, 3.05) is 20.3 Å². The number of carbonyl (C=O) groups is 2. The zero-order valence-electron chi connectivity index (χ0n) is 14.3. The lowest BCUT2D eigenvalue weighted by Gasteiger charge is -2.14. The Morgan fingerprint density at radius 1 is 1.00 bits per heavy atom. The summed E-state index contributed by atoms with van der Waals surface area (Å²) in [5, 5.41) is 5.39. The predicted molar refractivity (Wildman–Crippen MR) is 94.9 cm³/mol. The first-order chi connectivity index (χ1) is 12.1. The number of amides is 2. The summed E-state index contributed by atoms with van der Waals surface area (Å²) in [7, 11) is 1.60. The van der Waals surface area contributed by atoms with E-state index >= 15 is 0 Å². The van der Waals surface area contributed by atoms with Gasteiger partial charge in [0.25, 0.3) is 5.91 Å². The SMILES string of the molecule is COc1ccc(OCCNC(=O)C(C)NC(=O)c2ccccc2)cc1. The van der Waals surface area contributed by atoms with Gasteiger partial charge in [-0.2, -0.15) is 0 Å². The molecule has 132 valence electrons. The summed E-state index contributed by atoms with van der Waals surface area (Å²) in [5.74, 6) is 0.907. The number of hydrogen-bond donors (Lipinski definition) is 2. The summed E-state index contributed by atoms with van der Waals surface area (Å²) in [6, 6.07) is 15.3. The van der Waals surface area contributed by atoms with Crippen LogP contribution in [0.2, 0.25) is 0 Å². The van der Waals surface area contributed by atoms with Gasteiger partial charge in [-0.05, 0) is 43.3 Å². The number of carbonyl (C=O) groups excluding carboxylic acids is 2. The van der Waals surface area contributed by atoms with E-state index in [1.54, 1.807) is 62.6 Å². The fourth-order valence-electron chi connectivity index (χ4n) is 2.10. The molecule has 0 spiro atoms. The van der Waals surface area contributed by atoms with Crippen molar-refractivity contribution in [2.45, 2.75) is 13.0 Å². The fourth-order valence-corrected chi connectivity index (χ4v) is 2.10. The van der Waals surface area contributed by atoms with Crippen LogP contribution in [0.25, 0.3) is 0 Å². The van der Waals surface area contributed by atoms with E-state index in [2.05, 4.69) is 10.6 Å². The van der Waals surface area contributed by atoms with Gasteiger partial charge in [0.1, 0.15) is 24.1 Å². The van der Waals surface area contributed by atoms with Gasteiger partial charge in [0, 0.05) is 5.56 Å². The molecule has 1 atom stereocenters. The average molecular weight is 342 g/mol. The van der Waals surface area contributed by atoms with Gasteiger partial charge in [-0.25, -0.2) is 0 Å². The summed E-state index contributed by atoms with van der Waals surface area (Å²) in [4.78, 5) is 24.0. The molecule has 0 aliphatic heterocycles. The van der Waals surface area contributed by atoms with E-state index in [0.717, 1.165) is 5.75 Å². The molecule has 0 saturated heterocycles. The Hall–Kier alpha value is -3.02. The van der Waals surface area contributed by atoms with Crippen molar-refractivity contribution in [3.8, 4) is 11.5 Å². The summed E-state index contributed by atoms with van der Waals surface area (Å²) in [6.07, 6.45) is 0. The smallest absolute Gasteiger partial charge is 0.251 e. The maximum Gasteiger partial charge on any atom is 0.251 e. The third-order valence-corrected chi connectivity index (χ3v) is 3.51. The highest BCUT2D eigenvalue weighted by Gasteiger charge is 2.15. The fraction of sp³-hybridized carbons (Fsp3) is 0.263. The molecule has 0 aliphatic carbocycles. The van der Waals surface area contributed by atoms with Crippen LogP contribution in [-0.2, 0) is 4.79 Å². The van der Waals surface area contributed by atoms with Crippen LogP contribution in [0.3, 0.4) is 0 Å². The Morgan fingerprint density at radius 2 is 1.64 bits per heavy atom. The lowest BCUT2D eigenvalue weighted by atomic mass is 10.2. The van der Waals surface area contributed by atoms with E-state index in [4.69, 9.17) is 9.47 Å². The quantitative estimate of drug-likeness (QED) is 0.720. The van der Waals surface area contributed by atoms with E-state index in [-0.39, 0.29) is 11.8 Å². The Balaban J connectivity index is 1.69. The summed E-state index contributed by atoms with van der Waals surface area (Å²) in [6.45, 7) is 2.31. The third-order valence-electron chi connectivity index (χ3n) is 3.51. The van der Waals surface area contributed by atoms with Crippen molar-refractivity contribution < 1.29 is 19.1 Å². The largest absolute Gasteiger partial charge is 0.497 e. The minimum atomic E-state index is -0.631. The first-order valence-electron chi connectivity index (χ1n) is 8.00. The first kappa shape index (κ1) is 18.3. The maximum absolute atomic E-state index is 12.0. The van der Waals surface area contributed by atoms with Crippen molar-refractivity contribution >= 4 is 11.8 Å². The van der Waals surface area contributed by atoms with Crippen LogP contribution in [-0.4, -0.2) is 38.1 Å². The van der Waals surface area contributed by atoms with Crippen LogP contribution in [0, 0.1) is 0 Å². The van der Waals surface area contributed by atoms with E-state index in [0.29, 0.717) is 24.5 Å². The molecular weight excluding hydrogens is 320 g/mol. The highest BCUT2D eigenvalue weighted by molar-refractivity contribution is 5.97. The van der Waals surface area contributed by atoms with Crippen LogP contribution >= 0.6 is 0 Å². The lowest BCUT2D eigenvalue weighted by molar-refractivity contribution is -0.122. The van der Waals surface area contributed by atoms with Gasteiger partial charge in [0.2, 0.25) is 5.91 Å². The number of rotatable bonds is 8. The van der Waals surface area contributed by atoms with E-state index < -0.39 is 6.04 Å². The molecule has 2 N–H and O–H groups in total. The van der Waals surface area contributed by atoms with E-state index in [1.165, 1.54) is 0 Å². The van der Waals surface area contributed by atoms with Gasteiger partial charge >= 0.3 is 0 Å². The minimum Gasteiger partial charge on any atom is -0.497 e. The first-order valence-corrected chi connectivity index (χ1v) is 8.00. The highest BCUT2D eigenvalue weighted by Crippen LogP contribution is 2.16. The zero-order chi connectivity index (χ0) is 18.1. The molecule has 6 nitrogen and oxygen atoms in total. The molecule has 2 rings (SSSR count). The Labute approximate surface area is 147 Å². The van der Waals surface area contributed by atoms with Gasteiger partial charge in [0.05, 0.1) is 13.7 Å². The number of benzene rings is 2. The van der Waals surface area contributed by atoms with Crippen LogP contribution in [0.4, 0.5) is 0 Å². The second-order valence-electron chi connectivity index (χ2n) is 5.38. The molecule has 0 radical (unpaired) electrons. The molecule has 0 aliphatic rings. The second-order valence-corrected chi connectivity index (χ2v) is 5.38. The average Bonchev–Trinajstić information content (AvgIpc) is 2.66. The lowest BCUT2D eigenvalue weighted by Crippen LogP contribution is -2.45. The van der Waals surface area contributed by atoms with Crippen LogP contribution < -0.4 is 20.1 Å². The van der Waals surface area contributed by atoms with Gasteiger partial charge in [-0.3, -0.25) is 9.59 Å². The van der Waals surface area contributed by atoms with Crippen molar-refractivity contribution in [3.63, 3.8) is 0 Å². The Bertz CT molecular complexity index is 686. The van der Waals surface area contributed by atoms with Crippen LogP contribution in [0.15, 0.2) is 54.6 Å². The number of nitrogens with one attached hydrogen (secondary N) is 2. The van der Waals surface area contributed by atoms with Gasteiger partial charge < -0.3 is 20.1 Å². The van der Waals surface area contributed by atoms with Crippen molar-refractivity contribution in [1.82, 2.24) is 10.6 Å². The maximum atomic E-state index is 12.0. The van der Waals surface area contributed by atoms with E-state index in [1.807, 2.05) is 6.07 Å². The summed E-state index contributed by atoms with van der Waals surface area (Å²) in [5.41, 5.74) is 0.519. The van der Waals surface area contributed by atoms with Crippen molar-refractivity contribution in [3.05, 3.63) is 60.2 Å². The molecule has 0 heterocycles. The van der Waals surface area contributed by atoms with Gasteiger partial charge in [-0.1, -0.05) is 18.2 Å². The molecule has 1 unspecified atom stereocenters. The number of ether oxygens (including phenoxy) is 2. The molecule has 2 amide bonds. The van der Waals surface area contributed by atoms with Crippen LogP contribution in [0.1, 0.15) is 17.3 Å². The Morgan fingerprint density at radius 3 is 2.28 bits per heavy atom. The molecule has 2 aromatic carbocycles. The summed E-state index contributed by atoms with van der Waals surface area (Å²) >= 11 is 0. The highest BCUT2D eigenvalue weighted by atomic mass is 16.5. The van der Waals surface area contributed by atoms with Crippen molar-refractivity contribution in [2.24, 2.45) is 0 Å². The molecule has 25 heavy (non-hydrogen) atoms. The number of hydrogen-bond acceptors (Lipinski definition) is 4. The van der Waals surface area contributed by atoms with Crippen LogP contribution in [0.5, 0.6) is 11.5 Å². The number of methoxy groups -OCH3 is 1. The summed E-state index contributed by atoms with van der Waals surface area (Å²) < 4.78 is 10.6. The van der Waals surface area contributed by atoms with Gasteiger partial charge in [-0.15, -0.1) is 0 Å². The topological polar surface area (TPSA) is 76.7 Å². The molecular formula is C19H22N2O4. The van der Waals surface area contributed by atoms with Crippen molar-refractivity contribution in [1.29, 1.82) is 0 Å². The molecule has 2 aromatic rings. The zero-order valence-corrected chi connectivity index (χ0v) is 14.3. The molecule has 0 fully saturated rings. The third kappa shape index (κ3) is 5.84. The predicted octanol–water partition coefficient (Wildman–Crippen LogP) is 2.01. The molecule has 6 heteroatoms. The normalized spacial score (nSPS) is 11.3. The monoisotopic (exact) mass is 342 g/mol. The molecule has 0 aromatic heterocycles. The molecule has 0 bridgehead atoms. The standard InChI is InChI=1S/C19H22N2O4/c1-14(21-19(23)15-6-4-3-5-7-15)18(22)20-12-13-25-17-10-8-16(24-2)9-11-17/h3-11,14H,12-13H2,1-2H3,(H,20,22)(H,21,23). The van der Waals surface area contributed by atoms with E-state index in [9.17, 15) is 9.59 Å².